The van der Waals surface area contributed by atoms with Crippen LogP contribution in [0.4, 0.5) is 5.69 Å². The highest BCUT2D eigenvalue weighted by molar-refractivity contribution is 5.92. The average Bonchev–Trinajstić information content (AvgIpc) is 3.11. The van der Waals surface area contributed by atoms with Crippen LogP contribution in [0.2, 0.25) is 0 Å². The SMILES string of the molecule is Cc1cccc(OCC(=O)Nc2ccc(-c3cn4ccccc4n3)cc2)c1. The van der Waals surface area contributed by atoms with Gasteiger partial charge in [0.25, 0.3) is 5.91 Å². The van der Waals surface area contributed by atoms with E-state index in [9.17, 15) is 4.79 Å². The van der Waals surface area contributed by atoms with Gasteiger partial charge in [-0.3, -0.25) is 4.79 Å². The Hall–Kier alpha value is -3.60. The van der Waals surface area contributed by atoms with Crippen molar-refractivity contribution in [2.45, 2.75) is 6.92 Å². The van der Waals surface area contributed by atoms with Gasteiger partial charge in [0.05, 0.1) is 5.69 Å². The normalized spacial score (nSPS) is 10.7. The van der Waals surface area contributed by atoms with E-state index in [0.717, 1.165) is 28.2 Å². The Kier molecular flexibility index (Phi) is 4.58. The molecule has 0 atom stereocenters. The Morgan fingerprint density at radius 3 is 2.70 bits per heavy atom. The summed E-state index contributed by atoms with van der Waals surface area (Å²) >= 11 is 0. The quantitative estimate of drug-likeness (QED) is 0.578. The van der Waals surface area contributed by atoms with Gasteiger partial charge in [-0.15, -0.1) is 0 Å². The average molecular weight is 357 g/mol. The van der Waals surface area contributed by atoms with Gasteiger partial charge < -0.3 is 14.5 Å². The van der Waals surface area contributed by atoms with E-state index in [0.29, 0.717) is 5.75 Å². The molecule has 0 bridgehead atoms. The highest BCUT2D eigenvalue weighted by Crippen LogP contribution is 2.21. The zero-order chi connectivity index (χ0) is 18.6. The third kappa shape index (κ3) is 3.98. The molecule has 0 fully saturated rings. The Bertz CT molecular complexity index is 1050. The maximum atomic E-state index is 12.1. The summed E-state index contributed by atoms with van der Waals surface area (Å²) in [5, 5.41) is 2.84. The monoisotopic (exact) mass is 357 g/mol. The molecule has 2 aromatic carbocycles. The van der Waals surface area contributed by atoms with Crippen molar-refractivity contribution in [2.75, 3.05) is 11.9 Å². The summed E-state index contributed by atoms with van der Waals surface area (Å²) in [6, 6.07) is 21.1. The van der Waals surface area contributed by atoms with Gasteiger partial charge in [0.1, 0.15) is 11.4 Å². The van der Waals surface area contributed by atoms with Gasteiger partial charge in [-0.1, -0.05) is 30.3 Å². The van der Waals surface area contributed by atoms with E-state index in [1.54, 1.807) is 0 Å². The summed E-state index contributed by atoms with van der Waals surface area (Å²) < 4.78 is 7.50. The van der Waals surface area contributed by atoms with Crippen LogP contribution < -0.4 is 10.1 Å². The molecule has 5 heteroatoms. The molecule has 1 N–H and O–H groups in total. The largest absolute Gasteiger partial charge is 0.484 e. The second-order valence-electron chi connectivity index (χ2n) is 6.32. The fraction of sp³-hybridized carbons (Fsp3) is 0.0909. The van der Waals surface area contributed by atoms with E-state index in [4.69, 9.17) is 4.74 Å². The lowest BCUT2D eigenvalue weighted by molar-refractivity contribution is -0.118. The lowest BCUT2D eigenvalue weighted by atomic mass is 10.1. The zero-order valence-corrected chi connectivity index (χ0v) is 14.9. The minimum Gasteiger partial charge on any atom is -0.484 e. The third-order valence-electron chi connectivity index (χ3n) is 4.19. The molecule has 0 saturated heterocycles. The molecule has 4 aromatic rings. The number of carbonyl (C=O) groups is 1. The molecular formula is C22H19N3O2. The number of anilines is 1. The Labute approximate surface area is 157 Å². The Morgan fingerprint density at radius 2 is 1.93 bits per heavy atom. The first kappa shape index (κ1) is 16.8. The molecule has 4 rings (SSSR count). The standard InChI is InChI=1S/C22H19N3O2/c1-16-5-4-6-19(13-16)27-15-22(26)23-18-10-8-17(9-11-18)20-14-25-12-3-2-7-21(25)24-20/h2-14H,15H2,1H3,(H,23,26). The first-order valence-corrected chi connectivity index (χ1v) is 8.71. The first-order chi connectivity index (χ1) is 13.2. The van der Waals surface area contributed by atoms with Gasteiger partial charge >= 0.3 is 0 Å². The number of hydrogen-bond donors (Lipinski definition) is 1. The van der Waals surface area contributed by atoms with Crippen molar-refractivity contribution in [3.8, 4) is 17.0 Å². The number of aryl methyl sites for hydroxylation is 1. The van der Waals surface area contributed by atoms with Gasteiger partial charge in [0, 0.05) is 23.6 Å². The highest BCUT2D eigenvalue weighted by Gasteiger charge is 2.06. The van der Waals surface area contributed by atoms with Crippen molar-refractivity contribution in [1.29, 1.82) is 0 Å². The Morgan fingerprint density at radius 1 is 1.07 bits per heavy atom. The number of aromatic nitrogens is 2. The molecule has 2 heterocycles. The van der Waals surface area contributed by atoms with Crippen LogP contribution in [0.25, 0.3) is 16.9 Å². The van der Waals surface area contributed by atoms with Crippen LogP contribution in [0.1, 0.15) is 5.56 Å². The van der Waals surface area contributed by atoms with Crippen LogP contribution in [-0.2, 0) is 4.79 Å². The van der Waals surface area contributed by atoms with Gasteiger partial charge in [-0.2, -0.15) is 0 Å². The molecule has 0 unspecified atom stereocenters. The molecule has 0 aliphatic rings. The van der Waals surface area contributed by atoms with E-state index in [-0.39, 0.29) is 12.5 Å². The van der Waals surface area contributed by atoms with Crippen molar-refractivity contribution < 1.29 is 9.53 Å². The van der Waals surface area contributed by atoms with Gasteiger partial charge in [-0.05, 0) is 48.9 Å². The molecule has 0 radical (unpaired) electrons. The lowest BCUT2D eigenvalue weighted by Gasteiger charge is -2.08. The number of fused-ring (bicyclic) bond motifs is 1. The van der Waals surface area contributed by atoms with Gasteiger partial charge in [0.15, 0.2) is 6.61 Å². The molecule has 0 saturated carbocycles. The number of nitrogens with zero attached hydrogens (tertiary/aromatic N) is 2. The van der Waals surface area contributed by atoms with Crippen molar-refractivity contribution in [1.82, 2.24) is 9.38 Å². The molecule has 134 valence electrons. The predicted molar refractivity (Wildman–Crippen MR) is 106 cm³/mol. The number of hydrogen-bond acceptors (Lipinski definition) is 3. The number of rotatable bonds is 5. The maximum absolute atomic E-state index is 12.1. The third-order valence-corrected chi connectivity index (χ3v) is 4.19. The van der Waals surface area contributed by atoms with Gasteiger partial charge in [-0.25, -0.2) is 4.98 Å². The molecule has 2 aromatic heterocycles. The zero-order valence-electron chi connectivity index (χ0n) is 14.9. The number of nitrogens with one attached hydrogen (secondary N) is 1. The summed E-state index contributed by atoms with van der Waals surface area (Å²) in [5.41, 5.74) is 4.60. The number of ether oxygens (including phenoxy) is 1. The van der Waals surface area contributed by atoms with Crippen LogP contribution in [0.3, 0.4) is 0 Å². The summed E-state index contributed by atoms with van der Waals surface area (Å²) in [4.78, 5) is 16.7. The number of benzene rings is 2. The number of imidazole rings is 1. The smallest absolute Gasteiger partial charge is 0.262 e. The number of amides is 1. The van der Waals surface area contributed by atoms with Crippen LogP contribution in [0.5, 0.6) is 5.75 Å². The Balaban J connectivity index is 1.39. The van der Waals surface area contributed by atoms with E-state index >= 15 is 0 Å². The maximum Gasteiger partial charge on any atom is 0.262 e. The highest BCUT2D eigenvalue weighted by atomic mass is 16.5. The fourth-order valence-electron chi connectivity index (χ4n) is 2.85. The van der Waals surface area contributed by atoms with Crippen molar-refractivity contribution in [3.63, 3.8) is 0 Å². The second-order valence-corrected chi connectivity index (χ2v) is 6.32. The summed E-state index contributed by atoms with van der Waals surface area (Å²) in [7, 11) is 0. The minimum absolute atomic E-state index is 0.0301. The predicted octanol–water partition coefficient (Wildman–Crippen LogP) is 4.33. The topological polar surface area (TPSA) is 55.6 Å². The molecule has 5 nitrogen and oxygen atoms in total. The van der Waals surface area contributed by atoms with E-state index in [1.165, 1.54) is 0 Å². The minimum atomic E-state index is -0.197. The molecule has 0 aliphatic carbocycles. The molecule has 0 aliphatic heterocycles. The number of carbonyl (C=O) groups excluding carboxylic acids is 1. The van der Waals surface area contributed by atoms with Crippen molar-refractivity contribution in [2.24, 2.45) is 0 Å². The van der Waals surface area contributed by atoms with E-state index in [1.807, 2.05) is 90.4 Å². The molecule has 1 amide bonds. The first-order valence-electron chi connectivity index (χ1n) is 8.71. The van der Waals surface area contributed by atoms with Crippen molar-refractivity contribution >= 4 is 17.2 Å². The van der Waals surface area contributed by atoms with E-state index in [2.05, 4.69) is 10.3 Å². The van der Waals surface area contributed by atoms with Crippen molar-refractivity contribution in [3.05, 3.63) is 84.7 Å². The lowest BCUT2D eigenvalue weighted by Crippen LogP contribution is -2.20. The molecule has 27 heavy (non-hydrogen) atoms. The summed E-state index contributed by atoms with van der Waals surface area (Å²) in [5.74, 6) is 0.490. The molecular weight excluding hydrogens is 338 g/mol. The van der Waals surface area contributed by atoms with Crippen LogP contribution in [-0.4, -0.2) is 21.9 Å². The van der Waals surface area contributed by atoms with Crippen LogP contribution in [0.15, 0.2) is 79.1 Å². The van der Waals surface area contributed by atoms with Gasteiger partial charge in [0.2, 0.25) is 0 Å². The molecule has 0 spiro atoms. The second kappa shape index (κ2) is 7.33. The van der Waals surface area contributed by atoms with Crippen LogP contribution in [0, 0.1) is 6.92 Å². The fourth-order valence-corrected chi connectivity index (χ4v) is 2.85. The summed E-state index contributed by atoms with van der Waals surface area (Å²) in [6.07, 6.45) is 3.95. The number of pyridine rings is 1. The van der Waals surface area contributed by atoms with E-state index < -0.39 is 0 Å². The summed E-state index contributed by atoms with van der Waals surface area (Å²) in [6.45, 7) is 1.95. The van der Waals surface area contributed by atoms with Crippen LogP contribution >= 0.6 is 0 Å².